The fraction of sp³-hybridized carbons (Fsp3) is 0.558. The average Bonchev–Trinajstić information content (AvgIpc) is 3.22. The number of rotatable bonds is 38. The zero-order valence-corrected chi connectivity index (χ0v) is 36.8. The fourth-order valence-electron chi connectivity index (χ4n) is 5.45. The van der Waals surface area contributed by atoms with Crippen molar-refractivity contribution in [2.45, 2.75) is 175 Å². The summed E-state index contributed by atoms with van der Waals surface area (Å²) in [4.78, 5) is 37.7. The molecule has 0 aromatic heterocycles. The summed E-state index contributed by atoms with van der Waals surface area (Å²) in [6.45, 7) is 6.14. The Morgan fingerprint density at radius 1 is 0.362 bits per heavy atom. The van der Waals surface area contributed by atoms with Gasteiger partial charge in [0.2, 0.25) is 0 Å². The number of carbonyl (C=O) groups is 3. The molecule has 0 saturated carbocycles. The molecule has 0 heterocycles. The van der Waals surface area contributed by atoms with Gasteiger partial charge < -0.3 is 14.2 Å². The minimum atomic E-state index is -0.823. The number of allylic oxidation sites excluding steroid dienone is 20. The average molecular weight is 801 g/mol. The third-order valence-corrected chi connectivity index (χ3v) is 8.75. The minimum Gasteiger partial charge on any atom is -0.462 e. The third-order valence-electron chi connectivity index (χ3n) is 8.75. The Kier molecular flexibility index (Phi) is 42.2. The van der Waals surface area contributed by atoms with Crippen molar-refractivity contribution >= 4 is 17.9 Å². The van der Waals surface area contributed by atoms with E-state index in [0.717, 1.165) is 122 Å². The molecule has 58 heavy (non-hydrogen) atoms. The van der Waals surface area contributed by atoms with E-state index < -0.39 is 6.10 Å². The molecule has 1 unspecified atom stereocenters. The van der Waals surface area contributed by atoms with Crippen LogP contribution in [0.3, 0.4) is 0 Å². The molecule has 324 valence electrons. The molecule has 0 radical (unpaired) electrons. The minimum absolute atomic E-state index is 0.123. The van der Waals surface area contributed by atoms with Gasteiger partial charge in [0.25, 0.3) is 0 Å². The van der Waals surface area contributed by atoms with E-state index in [9.17, 15) is 14.4 Å². The molecule has 0 bridgehead atoms. The van der Waals surface area contributed by atoms with Gasteiger partial charge in [-0.3, -0.25) is 14.4 Å². The van der Waals surface area contributed by atoms with Crippen LogP contribution in [0.25, 0.3) is 0 Å². The Morgan fingerprint density at radius 2 is 0.724 bits per heavy atom. The SMILES string of the molecule is CC\C=C/C=C\C=C/CCCCCCCC(=O)OC(COC(=O)CCC/C=C\C/C=C\C/C=C\CC)COC(=O)CCCCC/C=C\C/C=C\C/C=C\C/C=C\CC. The first-order valence-corrected chi connectivity index (χ1v) is 22.6. The van der Waals surface area contributed by atoms with Crippen LogP contribution < -0.4 is 0 Å². The largest absolute Gasteiger partial charge is 0.462 e. The van der Waals surface area contributed by atoms with Gasteiger partial charge in [-0.2, -0.15) is 0 Å². The van der Waals surface area contributed by atoms with Crippen molar-refractivity contribution in [3.8, 4) is 0 Å². The second kappa shape index (κ2) is 45.5. The maximum absolute atomic E-state index is 12.7. The number of esters is 3. The quantitative estimate of drug-likeness (QED) is 0.0203. The van der Waals surface area contributed by atoms with Gasteiger partial charge in [0.15, 0.2) is 6.10 Å². The highest BCUT2D eigenvalue weighted by Gasteiger charge is 2.19. The van der Waals surface area contributed by atoms with Crippen molar-refractivity contribution < 1.29 is 28.6 Å². The molecule has 0 aromatic carbocycles. The van der Waals surface area contributed by atoms with Crippen molar-refractivity contribution in [2.24, 2.45) is 0 Å². The topological polar surface area (TPSA) is 78.9 Å². The van der Waals surface area contributed by atoms with Crippen molar-refractivity contribution in [1.82, 2.24) is 0 Å². The Labute approximate surface area is 354 Å². The molecular formula is C52H80O6. The van der Waals surface area contributed by atoms with Crippen LogP contribution in [0.2, 0.25) is 0 Å². The van der Waals surface area contributed by atoms with E-state index in [1.54, 1.807) is 0 Å². The highest BCUT2D eigenvalue weighted by Crippen LogP contribution is 2.11. The Bertz CT molecular complexity index is 1290. The van der Waals surface area contributed by atoms with Gasteiger partial charge >= 0.3 is 17.9 Å². The van der Waals surface area contributed by atoms with Crippen LogP contribution in [0.5, 0.6) is 0 Å². The number of hydrogen-bond acceptors (Lipinski definition) is 6. The predicted molar refractivity (Wildman–Crippen MR) is 246 cm³/mol. The van der Waals surface area contributed by atoms with Crippen LogP contribution in [-0.4, -0.2) is 37.2 Å². The van der Waals surface area contributed by atoms with Crippen LogP contribution in [0.4, 0.5) is 0 Å². The Balaban J connectivity index is 4.55. The van der Waals surface area contributed by atoms with Crippen molar-refractivity contribution in [1.29, 1.82) is 0 Å². The lowest BCUT2D eigenvalue weighted by Crippen LogP contribution is -2.30. The lowest BCUT2D eigenvalue weighted by Gasteiger charge is -2.18. The van der Waals surface area contributed by atoms with Gasteiger partial charge in [-0.15, -0.1) is 0 Å². The van der Waals surface area contributed by atoms with E-state index in [2.05, 4.69) is 136 Å². The van der Waals surface area contributed by atoms with Crippen molar-refractivity contribution in [3.63, 3.8) is 0 Å². The normalized spacial score (nSPS) is 13.2. The first-order chi connectivity index (χ1) is 28.5. The summed E-state index contributed by atoms with van der Waals surface area (Å²) in [5.74, 6) is -1.04. The summed E-state index contributed by atoms with van der Waals surface area (Å²) in [6, 6.07) is 0. The summed E-state index contributed by atoms with van der Waals surface area (Å²) in [5, 5.41) is 0. The number of hydrogen-bond donors (Lipinski definition) is 0. The van der Waals surface area contributed by atoms with Gasteiger partial charge in [-0.05, 0) is 103 Å². The lowest BCUT2D eigenvalue weighted by molar-refractivity contribution is -0.167. The molecule has 6 nitrogen and oxygen atoms in total. The summed E-state index contributed by atoms with van der Waals surface area (Å²) in [7, 11) is 0. The van der Waals surface area contributed by atoms with Crippen LogP contribution in [-0.2, 0) is 28.6 Å². The first-order valence-electron chi connectivity index (χ1n) is 22.6. The van der Waals surface area contributed by atoms with Gasteiger partial charge in [-0.1, -0.05) is 168 Å². The summed E-state index contributed by atoms with van der Waals surface area (Å²) in [6.07, 6.45) is 61.9. The molecule has 0 rings (SSSR count). The second-order valence-corrected chi connectivity index (χ2v) is 14.2. The van der Waals surface area contributed by atoms with Crippen LogP contribution >= 0.6 is 0 Å². The van der Waals surface area contributed by atoms with Gasteiger partial charge in [-0.25, -0.2) is 0 Å². The van der Waals surface area contributed by atoms with E-state index in [-0.39, 0.29) is 44.0 Å². The molecule has 0 aliphatic rings. The van der Waals surface area contributed by atoms with Crippen LogP contribution in [0.15, 0.2) is 122 Å². The molecule has 0 aromatic rings. The monoisotopic (exact) mass is 801 g/mol. The van der Waals surface area contributed by atoms with Crippen molar-refractivity contribution in [2.75, 3.05) is 13.2 Å². The van der Waals surface area contributed by atoms with Crippen molar-refractivity contribution in [3.05, 3.63) is 122 Å². The molecular weight excluding hydrogens is 721 g/mol. The summed E-state index contributed by atoms with van der Waals surface area (Å²) >= 11 is 0. The highest BCUT2D eigenvalue weighted by molar-refractivity contribution is 5.71. The number of carbonyl (C=O) groups excluding carboxylic acids is 3. The van der Waals surface area contributed by atoms with Crippen LogP contribution in [0, 0.1) is 0 Å². The van der Waals surface area contributed by atoms with E-state index in [4.69, 9.17) is 14.2 Å². The molecule has 0 aliphatic carbocycles. The molecule has 1 atom stereocenters. The fourth-order valence-corrected chi connectivity index (χ4v) is 5.45. The third kappa shape index (κ3) is 42.9. The number of ether oxygens (including phenoxy) is 3. The maximum Gasteiger partial charge on any atom is 0.306 e. The molecule has 0 amide bonds. The van der Waals surface area contributed by atoms with E-state index in [1.807, 2.05) is 6.08 Å². The highest BCUT2D eigenvalue weighted by atomic mass is 16.6. The summed E-state index contributed by atoms with van der Waals surface area (Å²) < 4.78 is 16.6. The zero-order valence-electron chi connectivity index (χ0n) is 36.8. The smallest absolute Gasteiger partial charge is 0.306 e. The van der Waals surface area contributed by atoms with Gasteiger partial charge in [0.1, 0.15) is 13.2 Å². The van der Waals surface area contributed by atoms with E-state index in [1.165, 1.54) is 0 Å². The molecule has 0 spiro atoms. The van der Waals surface area contributed by atoms with E-state index in [0.29, 0.717) is 12.8 Å². The lowest BCUT2D eigenvalue weighted by atomic mass is 10.1. The van der Waals surface area contributed by atoms with E-state index >= 15 is 0 Å². The standard InChI is InChI=1S/C52H80O6/c1-4-7-10-13-16-19-22-24-25-26-28-30-33-36-39-42-45-51(54)57-48-49(47-56-50(53)44-41-38-35-32-29-21-18-15-12-9-6-3)58-52(55)46-43-40-37-34-31-27-23-20-17-14-11-8-5-2/h7-12,14,16-21,23-25,28,30,32,35,49H,4-6,13,15,22,26-27,29,31,33-34,36-48H2,1-3H3/b10-7-,11-8-,12-9-,17-14-,19-16-,21-18-,23-20-,25-24-,30-28-,35-32-. The Morgan fingerprint density at radius 3 is 1.24 bits per heavy atom. The van der Waals surface area contributed by atoms with Gasteiger partial charge in [0.05, 0.1) is 0 Å². The molecule has 0 fully saturated rings. The maximum atomic E-state index is 12.7. The summed E-state index contributed by atoms with van der Waals surface area (Å²) in [5.41, 5.74) is 0. The molecule has 0 aliphatic heterocycles. The molecule has 6 heteroatoms. The predicted octanol–water partition coefficient (Wildman–Crippen LogP) is 14.6. The van der Waals surface area contributed by atoms with Gasteiger partial charge in [0, 0.05) is 19.3 Å². The Hall–Kier alpha value is -4.19. The second-order valence-electron chi connectivity index (χ2n) is 14.2. The van der Waals surface area contributed by atoms with Crippen LogP contribution in [0.1, 0.15) is 168 Å². The molecule has 0 saturated heterocycles. The first kappa shape index (κ1) is 53.8. The number of unbranched alkanes of at least 4 members (excludes halogenated alkanes) is 9. The zero-order chi connectivity index (χ0) is 42.3. The molecule has 0 N–H and O–H groups in total.